The van der Waals surface area contributed by atoms with Crippen molar-refractivity contribution in [3.63, 3.8) is 0 Å². The minimum absolute atomic E-state index is 0.863. The van der Waals surface area contributed by atoms with Gasteiger partial charge in [-0.25, -0.2) is 0 Å². The minimum Gasteiger partial charge on any atom is -0.455 e. The van der Waals surface area contributed by atoms with Gasteiger partial charge in [0.2, 0.25) is 0 Å². The van der Waals surface area contributed by atoms with Gasteiger partial charge < -0.3 is 13.9 Å². The molecule has 10 aromatic carbocycles. The zero-order chi connectivity index (χ0) is 40.3. The van der Waals surface area contributed by atoms with E-state index in [2.05, 4.69) is 240 Å². The van der Waals surface area contributed by atoms with Crippen LogP contribution < -0.4 is 4.90 Å². The van der Waals surface area contributed by atoms with E-state index in [0.717, 1.165) is 72.2 Å². The van der Waals surface area contributed by atoms with E-state index in [4.69, 9.17) is 4.42 Å². The Balaban J connectivity index is 1.07. The average Bonchev–Trinajstić information content (AvgIpc) is 3.89. The third-order valence-corrected chi connectivity index (χ3v) is 12.2. The standard InChI is InChI=1S/C58H38N2O/c1-4-15-39(16-5-1)41-29-33-46(34-30-41)59(47-23-12-20-43(37-47)40-17-6-2-7-18-40)54-28-13-19-42-32-36-55-57(56(42)54)50-26-14-25-48(58(50)61-55)44-31-35-53-51(38-44)49-24-10-11-27-52(49)60(53)45-21-8-3-9-22-45/h1-38H. The van der Waals surface area contributed by atoms with Crippen LogP contribution in [0, 0.1) is 0 Å². The third-order valence-electron chi connectivity index (χ3n) is 12.2. The lowest BCUT2D eigenvalue weighted by Gasteiger charge is -2.28. The maximum atomic E-state index is 6.98. The Bertz CT molecular complexity index is 3570. The predicted octanol–water partition coefficient (Wildman–Crippen LogP) is 16.3. The highest BCUT2D eigenvalue weighted by molar-refractivity contribution is 6.25. The molecular formula is C58H38N2O. The van der Waals surface area contributed by atoms with Gasteiger partial charge in [-0.2, -0.15) is 0 Å². The molecule has 0 N–H and O–H groups in total. The Morgan fingerprint density at radius 2 is 0.984 bits per heavy atom. The Hall–Kier alpha value is -8.14. The highest BCUT2D eigenvalue weighted by Gasteiger charge is 2.22. The molecule has 61 heavy (non-hydrogen) atoms. The number of aromatic nitrogens is 1. The minimum atomic E-state index is 0.863. The number of benzene rings is 10. The molecule has 0 fully saturated rings. The monoisotopic (exact) mass is 778 g/mol. The van der Waals surface area contributed by atoms with Gasteiger partial charge >= 0.3 is 0 Å². The Kier molecular flexibility index (Phi) is 8.17. The summed E-state index contributed by atoms with van der Waals surface area (Å²) in [5, 5.41) is 6.94. The number of furan rings is 1. The molecule has 0 bridgehead atoms. The van der Waals surface area contributed by atoms with Gasteiger partial charge in [0, 0.05) is 49.6 Å². The number of hydrogen-bond donors (Lipinski definition) is 0. The van der Waals surface area contributed by atoms with E-state index in [9.17, 15) is 0 Å². The Labute approximate surface area is 353 Å². The van der Waals surface area contributed by atoms with E-state index in [-0.39, 0.29) is 0 Å². The largest absolute Gasteiger partial charge is 0.455 e. The second-order valence-corrected chi connectivity index (χ2v) is 15.7. The van der Waals surface area contributed by atoms with Crippen molar-refractivity contribution in [2.75, 3.05) is 4.90 Å². The van der Waals surface area contributed by atoms with Crippen LogP contribution in [0.2, 0.25) is 0 Å². The molecule has 0 aliphatic carbocycles. The molecule has 0 aliphatic heterocycles. The summed E-state index contributed by atoms with van der Waals surface area (Å²) in [6.45, 7) is 0. The van der Waals surface area contributed by atoms with Gasteiger partial charge in [0.05, 0.1) is 16.7 Å². The van der Waals surface area contributed by atoms with E-state index >= 15 is 0 Å². The molecule has 3 nitrogen and oxygen atoms in total. The van der Waals surface area contributed by atoms with Crippen LogP contribution >= 0.6 is 0 Å². The summed E-state index contributed by atoms with van der Waals surface area (Å²) in [7, 11) is 0. The Morgan fingerprint density at radius 3 is 1.79 bits per heavy atom. The van der Waals surface area contributed by atoms with E-state index in [0.29, 0.717) is 0 Å². The van der Waals surface area contributed by atoms with E-state index in [1.165, 1.54) is 38.5 Å². The van der Waals surface area contributed by atoms with Crippen LogP contribution in [-0.2, 0) is 0 Å². The first-order valence-corrected chi connectivity index (χ1v) is 20.8. The summed E-state index contributed by atoms with van der Waals surface area (Å²) in [5.74, 6) is 0. The van der Waals surface area contributed by atoms with Crippen molar-refractivity contribution in [3.8, 4) is 39.1 Å². The molecule has 0 spiro atoms. The molecule has 2 heterocycles. The molecule has 0 unspecified atom stereocenters. The van der Waals surface area contributed by atoms with Crippen LogP contribution in [0.5, 0.6) is 0 Å². The SMILES string of the molecule is c1ccc(-c2ccc(N(c3cccc(-c4ccccc4)c3)c3cccc4ccc5oc6c(-c7ccc8c(c7)c7ccccc7n8-c7ccccc7)cccc6c5c34)cc2)cc1. The molecule has 0 amide bonds. The fourth-order valence-electron chi connectivity index (χ4n) is 9.37. The Morgan fingerprint density at radius 1 is 0.361 bits per heavy atom. The zero-order valence-corrected chi connectivity index (χ0v) is 33.2. The number of rotatable bonds is 7. The maximum absolute atomic E-state index is 6.98. The van der Waals surface area contributed by atoms with E-state index in [1.807, 2.05) is 0 Å². The lowest BCUT2D eigenvalue weighted by molar-refractivity contribution is 0.670. The van der Waals surface area contributed by atoms with Gasteiger partial charge in [0.1, 0.15) is 11.2 Å². The van der Waals surface area contributed by atoms with Crippen LogP contribution in [0.15, 0.2) is 235 Å². The molecule has 3 heteroatoms. The van der Waals surface area contributed by atoms with Crippen molar-refractivity contribution in [1.29, 1.82) is 0 Å². The fraction of sp³-hybridized carbons (Fsp3) is 0. The summed E-state index contributed by atoms with van der Waals surface area (Å²) < 4.78 is 9.35. The third kappa shape index (κ3) is 5.82. The highest BCUT2D eigenvalue weighted by atomic mass is 16.3. The van der Waals surface area contributed by atoms with E-state index in [1.54, 1.807) is 0 Å². The lowest BCUT2D eigenvalue weighted by Crippen LogP contribution is -2.10. The molecule has 12 rings (SSSR count). The van der Waals surface area contributed by atoms with Crippen molar-refractivity contribution in [3.05, 3.63) is 231 Å². The van der Waals surface area contributed by atoms with Crippen molar-refractivity contribution >= 4 is 71.6 Å². The molecule has 12 aromatic rings. The number of fused-ring (bicyclic) bond motifs is 8. The summed E-state index contributed by atoms with van der Waals surface area (Å²) in [5.41, 5.74) is 15.4. The van der Waals surface area contributed by atoms with Crippen LogP contribution in [-0.4, -0.2) is 4.57 Å². The van der Waals surface area contributed by atoms with Crippen molar-refractivity contribution < 1.29 is 4.42 Å². The van der Waals surface area contributed by atoms with Crippen LogP contribution in [0.3, 0.4) is 0 Å². The molecular weight excluding hydrogens is 741 g/mol. The number of para-hydroxylation sites is 3. The van der Waals surface area contributed by atoms with Gasteiger partial charge in [0.25, 0.3) is 0 Å². The first kappa shape index (κ1) is 34.9. The molecule has 2 aromatic heterocycles. The van der Waals surface area contributed by atoms with Crippen molar-refractivity contribution in [2.24, 2.45) is 0 Å². The molecule has 0 aliphatic rings. The second-order valence-electron chi connectivity index (χ2n) is 15.7. The average molecular weight is 779 g/mol. The smallest absolute Gasteiger partial charge is 0.143 e. The number of anilines is 3. The van der Waals surface area contributed by atoms with Crippen molar-refractivity contribution in [1.82, 2.24) is 4.57 Å². The van der Waals surface area contributed by atoms with Gasteiger partial charge in [-0.1, -0.05) is 164 Å². The quantitative estimate of drug-likeness (QED) is 0.161. The van der Waals surface area contributed by atoms with Crippen LogP contribution in [0.25, 0.3) is 93.6 Å². The summed E-state index contributed by atoms with van der Waals surface area (Å²) >= 11 is 0. The number of hydrogen-bond acceptors (Lipinski definition) is 2. The summed E-state index contributed by atoms with van der Waals surface area (Å²) in [4.78, 5) is 2.40. The molecule has 0 saturated heterocycles. The molecule has 0 atom stereocenters. The molecule has 0 radical (unpaired) electrons. The maximum Gasteiger partial charge on any atom is 0.143 e. The van der Waals surface area contributed by atoms with Gasteiger partial charge in [-0.15, -0.1) is 0 Å². The predicted molar refractivity (Wildman–Crippen MR) is 257 cm³/mol. The summed E-state index contributed by atoms with van der Waals surface area (Å²) in [6, 6.07) is 82.7. The van der Waals surface area contributed by atoms with Gasteiger partial charge in [0.15, 0.2) is 0 Å². The van der Waals surface area contributed by atoms with Gasteiger partial charge in [-0.3, -0.25) is 0 Å². The topological polar surface area (TPSA) is 21.3 Å². The van der Waals surface area contributed by atoms with Crippen LogP contribution in [0.4, 0.5) is 17.1 Å². The van der Waals surface area contributed by atoms with Crippen molar-refractivity contribution in [2.45, 2.75) is 0 Å². The first-order chi connectivity index (χ1) is 30.3. The zero-order valence-electron chi connectivity index (χ0n) is 33.2. The second kappa shape index (κ2) is 14.3. The fourth-order valence-corrected chi connectivity index (χ4v) is 9.37. The first-order valence-electron chi connectivity index (χ1n) is 20.8. The van der Waals surface area contributed by atoms with Crippen LogP contribution in [0.1, 0.15) is 0 Å². The normalized spacial score (nSPS) is 11.6. The summed E-state index contributed by atoms with van der Waals surface area (Å²) in [6.07, 6.45) is 0. The lowest BCUT2D eigenvalue weighted by atomic mass is 9.97. The molecule has 286 valence electrons. The highest BCUT2D eigenvalue weighted by Crippen LogP contribution is 2.47. The number of nitrogens with zero attached hydrogens (tertiary/aromatic N) is 2. The van der Waals surface area contributed by atoms with Gasteiger partial charge in [-0.05, 0) is 99.9 Å². The van der Waals surface area contributed by atoms with E-state index < -0.39 is 0 Å². The molecule has 0 saturated carbocycles.